The Morgan fingerprint density at radius 2 is 1.65 bits per heavy atom. The Morgan fingerprint density at radius 1 is 1.08 bits per heavy atom. The number of carbonyl (C=O) groups is 1. The van der Waals surface area contributed by atoms with Crippen molar-refractivity contribution in [3.8, 4) is 5.75 Å². The van der Waals surface area contributed by atoms with E-state index in [9.17, 15) is 26.4 Å². The number of hydrogen-bond acceptors (Lipinski definition) is 4. The van der Waals surface area contributed by atoms with Crippen LogP contribution in [0.2, 0.25) is 0 Å². The molecular formula is C16H14F3NO5S. The molecule has 1 unspecified atom stereocenters. The highest BCUT2D eigenvalue weighted by Gasteiger charge is 2.31. The first-order chi connectivity index (χ1) is 12.1. The monoisotopic (exact) mass is 389 g/mol. The Hall–Kier alpha value is -2.59. The van der Waals surface area contributed by atoms with Crippen LogP contribution >= 0.6 is 0 Å². The van der Waals surface area contributed by atoms with Crippen LogP contribution in [0, 0.1) is 0 Å². The van der Waals surface area contributed by atoms with Gasteiger partial charge in [0.15, 0.2) is 0 Å². The lowest BCUT2D eigenvalue weighted by Gasteiger charge is -2.18. The average molecular weight is 389 g/mol. The molecule has 10 heteroatoms. The lowest BCUT2D eigenvalue weighted by atomic mass is 10.1. The van der Waals surface area contributed by atoms with Crippen molar-refractivity contribution in [2.24, 2.45) is 0 Å². The van der Waals surface area contributed by atoms with E-state index in [1.54, 1.807) is 30.3 Å². The first-order valence-electron chi connectivity index (χ1n) is 7.22. The third-order valence-electron chi connectivity index (χ3n) is 3.25. The molecule has 0 aromatic heterocycles. The Balaban J connectivity index is 2.23. The molecule has 0 amide bonds. The zero-order valence-electron chi connectivity index (χ0n) is 13.1. The molecule has 0 saturated carbocycles. The van der Waals surface area contributed by atoms with E-state index < -0.39 is 40.6 Å². The van der Waals surface area contributed by atoms with Crippen molar-refractivity contribution in [1.29, 1.82) is 0 Å². The van der Waals surface area contributed by atoms with Crippen molar-refractivity contribution in [1.82, 2.24) is 4.72 Å². The lowest BCUT2D eigenvalue weighted by molar-refractivity contribution is -0.274. The molecule has 2 rings (SSSR count). The van der Waals surface area contributed by atoms with Gasteiger partial charge in [0.25, 0.3) is 0 Å². The van der Waals surface area contributed by atoms with Crippen molar-refractivity contribution in [3.63, 3.8) is 0 Å². The number of sulfonamides is 1. The summed E-state index contributed by atoms with van der Waals surface area (Å²) < 4.78 is 67.2. The number of hydrogen-bond donors (Lipinski definition) is 2. The predicted molar refractivity (Wildman–Crippen MR) is 84.9 cm³/mol. The zero-order valence-corrected chi connectivity index (χ0v) is 13.9. The maximum absolute atomic E-state index is 12.4. The van der Waals surface area contributed by atoms with Gasteiger partial charge in [0.2, 0.25) is 10.0 Å². The number of halogens is 3. The molecule has 2 aromatic carbocycles. The molecule has 0 saturated heterocycles. The summed E-state index contributed by atoms with van der Waals surface area (Å²) in [6, 6.07) is 10.6. The maximum Gasteiger partial charge on any atom is 0.573 e. The minimum absolute atomic E-state index is 0.321. The van der Waals surface area contributed by atoms with Gasteiger partial charge >= 0.3 is 12.3 Å². The van der Waals surface area contributed by atoms with E-state index >= 15 is 0 Å². The van der Waals surface area contributed by atoms with E-state index in [1.165, 1.54) is 0 Å². The van der Waals surface area contributed by atoms with Gasteiger partial charge in [-0.1, -0.05) is 30.3 Å². The van der Waals surface area contributed by atoms with Crippen molar-refractivity contribution < 1.29 is 36.2 Å². The molecule has 2 aromatic rings. The molecule has 2 N–H and O–H groups in total. The van der Waals surface area contributed by atoms with Crippen LogP contribution in [0.3, 0.4) is 0 Å². The van der Waals surface area contributed by atoms with E-state index in [4.69, 9.17) is 5.11 Å². The van der Waals surface area contributed by atoms with Crippen molar-refractivity contribution in [3.05, 3.63) is 60.2 Å². The number of carboxylic acids is 1. The van der Waals surface area contributed by atoms with Crippen LogP contribution in [0.5, 0.6) is 5.75 Å². The molecule has 0 radical (unpaired) electrons. The number of carboxylic acid groups (broad SMARTS) is 1. The van der Waals surface area contributed by atoms with Gasteiger partial charge in [0.05, 0.1) is 17.4 Å². The van der Waals surface area contributed by atoms with Gasteiger partial charge in [-0.25, -0.2) is 13.1 Å². The highest BCUT2D eigenvalue weighted by molar-refractivity contribution is 7.89. The van der Waals surface area contributed by atoms with Crippen molar-refractivity contribution in [2.45, 2.75) is 23.7 Å². The second-order valence-electron chi connectivity index (χ2n) is 5.20. The van der Waals surface area contributed by atoms with Crippen LogP contribution in [0.25, 0.3) is 0 Å². The summed E-state index contributed by atoms with van der Waals surface area (Å²) in [7, 11) is -4.16. The van der Waals surface area contributed by atoms with Crippen molar-refractivity contribution in [2.75, 3.05) is 0 Å². The molecule has 0 fully saturated rings. The van der Waals surface area contributed by atoms with Gasteiger partial charge in [-0.05, 0) is 29.8 Å². The van der Waals surface area contributed by atoms with Crippen LogP contribution in [0.1, 0.15) is 18.0 Å². The van der Waals surface area contributed by atoms with Crippen LogP contribution in [0.15, 0.2) is 59.5 Å². The number of alkyl halides is 3. The third-order valence-corrected chi connectivity index (χ3v) is 4.73. The fourth-order valence-electron chi connectivity index (χ4n) is 2.16. The maximum atomic E-state index is 12.4. The van der Waals surface area contributed by atoms with Crippen LogP contribution < -0.4 is 9.46 Å². The minimum Gasteiger partial charge on any atom is -0.481 e. The minimum atomic E-state index is -4.89. The summed E-state index contributed by atoms with van der Waals surface area (Å²) in [6.45, 7) is 0. The normalized spacial score (nSPS) is 13.2. The summed E-state index contributed by atoms with van der Waals surface area (Å²) in [6.07, 6.45) is -5.39. The van der Waals surface area contributed by atoms with E-state index in [0.717, 1.165) is 24.3 Å². The quantitative estimate of drug-likeness (QED) is 0.759. The average Bonchev–Trinajstić information content (AvgIpc) is 2.53. The van der Waals surface area contributed by atoms with Gasteiger partial charge in [-0.2, -0.15) is 0 Å². The van der Waals surface area contributed by atoms with Gasteiger partial charge in [-0.15, -0.1) is 13.2 Å². The first kappa shape index (κ1) is 19.7. The first-order valence-corrected chi connectivity index (χ1v) is 8.70. The summed E-state index contributed by atoms with van der Waals surface area (Å²) in [5.41, 5.74) is 0.440. The molecule has 26 heavy (non-hydrogen) atoms. The third kappa shape index (κ3) is 5.74. The molecule has 0 aliphatic carbocycles. The fourth-order valence-corrected chi connectivity index (χ4v) is 3.39. The molecule has 0 aliphatic heterocycles. The molecule has 0 spiro atoms. The Kier molecular flexibility index (Phi) is 5.88. The molecule has 140 valence electrons. The fraction of sp³-hybridized carbons (Fsp3) is 0.188. The number of rotatable bonds is 7. The van der Waals surface area contributed by atoms with Gasteiger partial charge < -0.3 is 9.84 Å². The Morgan fingerprint density at radius 3 is 2.15 bits per heavy atom. The lowest BCUT2D eigenvalue weighted by Crippen LogP contribution is -2.30. The number of aliphatic carboxylic acids is 1. The van der Waals surface area contributed by atoms with E-state index in [2.05, 4.69) is 9.46 Å². The van der Waals surface area contributed by atoms with Crippen LogP contribution in [-0.2, 0) is 14.8 Å². The van der Waals surface area contributed by atoms with Crippen LogP contribution in [0.4, 0.5) is 13.2 Å². The summed E-state index contributed by atoms with van der Waals surface area (Å²) in [4.78, 5) is 10.7. The van der Waals surface area contributed by atoms with E-state index in [0.29, 0.717) is 5.56 Å². The van der Waals surface area contributed by atoms with Gasteiger partial charge in [-0.3, -0.25) is 4.79 Å². The van der Waals surface area contributed by atoms with E-state index in [1.807, 2.05) is 0 Å². The number of benzene rings is 2. The highest BCUT2D eigenvalue weighted by Crippen LogP contribution is 2.25. The van der Waals surface area contributed by atoms with Gasteiger partial charge in [0, 0.05) is 0 Å². The Labute approximate surface area is 147 Å². The summed E-state index contributed by atoms with van der Waals surface area (Å²) >= 11 is 0. The second-order valence-corrected chi connectivity index (χ2v) is 6.92. The summed E-state index contributed by atoms with van der Waals surface area (Å²) in [5.74, 6) is -1.78. The molecule has 0 aliphatic rings. The van der Waals surface area contributed by atoms with Crippen LogP contribution in [-0.4, -0.2) is 25.9 Å². The molecule has 1 atom stereocenters. The largest absolute Gasteiger partial charge is 0.573 e. The van der Waals surface area contributed by atoms with Gasteiger partial charge in [0.1, 0.15) is 5.75 Å². The molecule has 0 bridgehead atoms. The topological polar surface area (TPSA) is 92.7 Å². The highest BCUT2D eigenvalue weighted by atomic mass is 32.2. The number of ether oxygens (including phenoxy) is 1. The second kappa shape index (κ2) is 7.75. The molecule has 0 heterocycles. The zero-order chi connectivity index (χ0) is 19.4. The smallest absolute Gasteiger partial charge is 0.481 e. The Bertz CT molecular complexity index is 852. The SMILES string of the molecule is O=C(O)CC(NS(=O)(=O)c1ccc(OC(F)(F)F)cc1)c1ccccc1. The molecule has 6 nitrogen and oxygen atoms in total. The van der Waals surface area contributed by atoms with E-state index in [-0.39, 0.29) is 4.90 Å². The standard InChI is InChI=1S/C16H14F3NO5S/c17-16(18,19)25-12-6-8-13(9-7-12)26(23,24)20-14(10-15(21)22)11-4-2-1-3-5-11/h1-9,14,20H,10H2,(H,21,22). The summed E-state index contributed by atoms with van der Waals surface area (Å²) in [5, 5.41) is 9.00. The number of nitrogens with one attached hydrogen (secondary N) is 1. The predicted octanol–water partition coefficient (Wildman–Crippen LogP) is 3.08. The molecular weight excluding hydrogens is 375 g/mol. The van der Waals surface area contributed by atoms with Crippen molar-refractivity contribution >= 4 is 16.0 Å².